The molecule has 3 rings (SSSR count). The summed E-state index contributed by atoms with van der Waals surface area (Å²) in [6, 6.07) is 6.44. The zero-order valence-corrected chi connectivity index (χ0v) is 18.1. The van der Waals surface area contributed by atoms with Gasteiger partial charge in [0.1, 0.15) is 12.4 Å². The number of hydrogen-bond donors (Lipinski definition) is 0. The first-order valence-electron chi connectivity index (χ1n) is 11.3. The molecule has 2 aliphatic rings. The molecule has 1 aromatic carbocycles. The van der Waals surface area contributed by atoms with Crippen molar-refractivity contribution in [2.24, 2.45) is 5.92 Å². The van der Waals surface area contributed by atoms with Crippen molar-refractivity contribution in [2.75, 3.05) is 39.3 Å². The number of hydrogen-bond acceptors (Lipinski definition) is 3. The summed E-state index contributed by atoms with van der Waals surface area (Å²) in [6.45, 7) is 12.2. The van der Waals surface area contributed by atoms with E-state index in [-0.39, 0.29) is 5.92 Å². The highest BCUT2D eigenvalue weighted by Crippen LogP contribution is 2.24. The number of aryl methyl sites for hydroxylation is 1. The number of nitrogens with zero attached hydrogens (tertiary/aromatic N) is 2. The van der Waals surface area contributed by atoms with Gasteiger partial charge in [-0.1, -0.05) is 32.8 Å². The minimum Gasteiger partial charge on any atom is -0.492 e. The molecule has 0 atom stereocenters. The zero-order chi connectivity index (χ0) is 19.9. The summed E-state index contributed by atoms with van der Waals surface area (Å²) in [5.74, 6) is 2.17. The van der Waals surface area contributed by atoms with Crippen LogP contribution in [0.25, 0.3) is 0 Å². The number of rotatable bonds is 6. The van der Waals surface area contributed by atoms with E-state index >= 15 is 0 Å². The molecule has 4 heteroatoms. The van der Waals surface area contributed by atoms with Crippen LogP contribution in [0.15, 0.2) is 18.2 Å². The Morgan fingerprint density at radius 2 is 1.75 bits per heavy atom. The van der Waals surface area contributed by atoms with Crippen LogP contribution in [0, 0.1) is 12.8 Å². The molecule has 2 saturated heterocycles. The smallest absolute Gasteiger partial charge is 0.225 e. The molecule has 28 heavy (non-hydrogen) atoms. The van der Waals surface area contributed by atoms with Crippen molar-refractivity contribution in [3.05, 3.63) is 29.3 Å². The minimum atomic E-state index is 0.237. The van der Waals surface area contributed by atoms with Crippen molar-refractivity contribution in [3.63, 3.8) is 0 Å². The van der Waals surface area contributed by atoms with Crippen LogP contribution in [0.1, 0.15) is 69.4 Å². The van der Waals surface area contributed by atoms with Gasteiger partial charge in [-0.2, -0.15) is 0 Å². The molecule has 0 bridgehead atoms. The lowest BCUT2D eigenvalue weighted by Gasteiger charge is -2.34. The third-order valence-corrected chi connectivity index (χ3v) is 6.39. The number of benzene rings is 1. The Balaban J connectivity index is 1.38. The lowest BCUT2D eigenvalue weighted by Crippen LogP contribution is -2.43. The van der Waals surface area contributed by atoms with Gasteiger partial charge < -0.3 is 9.64 Å². The van der Waals surface area contributed by atoms with E-state index in [0.29, 0.717) is 18.4 Å². The van der Waals surface area contributed by atoms with E-state index in [1.807, 2.05) is 0 Å². The van der Waals surface area contributed by atoms with E-state index in [1.54, 1.807) is 0 Å². The van der Waals surface area contributed by atoms with Crippen molar-refractivity contribution in [2.45, 2.75) is 65.2 Å². The summed E-state index contributed by atoms with van der Waals surface area (Å²) in [7, 11) is 0. The van der Waals surface area contributed by atoms with Crippen LogP contribution >= 0.6 is 0 Å². The predicted octanol–water partition coefficient (Wildman–Crippen LogP) is 4.61. The first-order valence-corrected chi connectivity index (χ1v) is 11.3. The first-order chi connectivity index (χ1) is 13.5. The number of amides is 1. The minimum absolute atomic E-state index is 0.237. The Bertz CT molecular complexity index is 627. The maximum atomic E-state index is 12.8. The third kappa shape index (κ3) is 5.73. The van der Waals surface area contributed by atoms with E-state index in [4.69, 9.17) is 4.74 Å². The van der Waals surface area contributed by atoms with E-state index < -0.39 is 0 Å². The second-order valence-electron chi connectivity index (χ2n) is 8.88. The number of carbonyl (C=O) groups is 1. The molecule has 2 fully saturated rings. The van der Waals surface area contributed by atoms with Crippen molar-refractivity contribution >= 4 is 5.91 Å². The SMILES string of the molecule is Cc1cc(OCCN2CCC(C(=O)N3CCCCCC3)CC2)ccc1C(C)C. The summed E-state index contributed by atoms with van der Waals surface area (Å²) in [5.41, 5.74) is 2.70. The van der Waals surface area contributed by atoms with Crippen LogP contribution in [0.5, 0.6) is 5.75 Å². The summed E-state index contributed by atoms with van der Waals surface area (Å²) in [6.07, 6.45) is 6.91. The molecular formula is C24H38N2O2. The zero-order valence-electron chi connectivity index (χ0n) is 18.1. The Hall–Kier alpha value is -1.55. The van der Waals surface area contributed by atoms with Crippen LogP contribution in [0.2, 0.25) is 0 Å². The predicted molar refractivity (Wildman–Crippen MR) is 115 cm³/mol. The van der Waals surface area contributed by atoms with E-state index in [9.17, 15) is 4.79 Å². The Labute approximate surface area is 171 Å². The topological polar surface area (TPSA) is 32.8 Å². The van der Waals surface area contributed by atoms with Gasteiger partial charge in [0, 0.05) is 25.6 Å². The maximum Gasteiger partial charge on any atom is 0.225 e. The van der Waals surface area contributed by atoms with Gasteiger partial charge in [-0.25, -0.2) is 0 Å². The van der Waals surface area contributed by atoms with E-state index in [1.165, 1.54) is 36.8 Å². The van der Waals surface area contributed by atoms with Gasteiger partial charge in [-0.3, -0.25) is 9.69 Å². The molecule has 0 N–H and O–H groups in total. The molecule has 0 unspecified atom stereocenters. The monoisotopic (exact) mass is 386 g/mol. The largest absolute Gasteiger partial charge is 0.492 e. The molecule has 2 heterocycles. The number of piperidine rings is 1. The molecule has 1 aromatic rings. The van der Waals surface area contributed by atoms with Crippen molar-refractivity contribution in [3.8, 4) is 5.75 Å². The Morgan fingerprint density at radius 1 is 1.07 bits per heavy atom. The molecule has 0 aliphatic carbocycles. The summed E-state index contributed by atoms with van der Waals surface area (Å²) < 4.78 is 5.99. The molecule has 156 valence electrons. The van der Waals surface area contributed by atoms with Gasteiger partial charge in [0.15, 0.2) is 0 Å². The second kappa shape index (κ2) is 10.3. The van der Waals surface area contributed by atoms with Crippen LogP contribution in [-0.2, 0) is 4.79 Å². The first kappa shape index (κ1) is 21.2. The van der Waals surface area contributed by atoms with Gasteiger partial charge in [-0.15, -0.1) is 0 Å². The average Bonchev–Trinajstić information content (AvgIpc) is 2.97. The molecule has 0 spiro atoms. The van der Waals surface area contributed by atoms with E-state index in [0.717, 1.165) is 51.3 Å². The summed E-state index contributed by atoms with van der Waals surface area (Å²) >= 11 is 0. The van der Waals surface area contributed by atoms with E-state index in [2.05, 4.69) is 48.8 Å². The summed E-state index contributed by atoms with van der Waals surface area (Å²) in [4.78, 5) is 17.4. The van der Waals surface area contributed by atoms with Crippen LogP contribution in [-0.4, -0.2) is 55.0 Å². The lowest BCUT2D eigenvalue weighted by molar-refractivity contribution is -0.137. The van der Waals surface area contributed by atoms with Gasteiger partial charge in [-0.05, 0) is 74.9 Å². The highest BCUT2D eigenvalue weighted by atomic mass is 16.5. The Kier molecular flexibility index (Phi) is 7.78. The van der Waals surface area contributed by atoms with Gasteiger partial charge in [0.2, 0.25) is 5.91 Å². The highest BCUT2D eigenvalue weighted by molar-refractivity contribution is 5.79. The molecule has 4 nitrogen and oxygen atoms in total. The fourth-order valence-electron chi connectivity index (χ4n) is 4.63. The normalized spacial score (nSPS) is 19.6. The van der Waals surface area contributed by atoms with Gasteiger partial charge in [0.05, 0.1) is 0 Å². The third-order valence-electron chi connectivity index (χ3n) is 6.39. The molecule has 0 aromatic heterocycles. The van der Waals surface area contributed by atoms with Crippen molar-refractivity contribution in [1.82, 2.24) is 9.80 Å². The summed E-state index contributed by atoms with van der Waals surface area (Å²) in [5, 5.41) is 0. The maximum absolute atomic E-state index is 12.8. The van der Waals surface area contributed by atoms with Crippen LogP contribution < -0.4 is 4.74 Å². The molecule has 2 aliphatic heterocycles. The van der Waals surface area contributed by atoms with Crippen LogP contribution in [0.3, 0.4) is 0 Å². The molecular weight excluding hydrogens is 348 g/mol. The lowest BCUT2D eigenvalue weighted by atomic mass is 9.95. The average molecular weight is 387 g/mol. The van der Waals surface area contributed by atoms with Gasteiger partial charge in [0.25, 0.3) is 0 Å². The number of ether oxygens (including phenoxy) is 1. The fraction of sp³-hybridized carbons (Fsp3) is 0.708. The number of carbonyl (C=O) groups excluding carboxylic acids is 1. The molecule has 0 saturated carbocycles. The Morgan fingerprint density at radius 3 is 2.36 bits per heavy atom. The second-order valence-corrected chi connectivity index (χ2v) is 8.88. The quantitative estimate of drug-likeness (QED) is 0.716. The fourth-order valence-corrected chi connectivity index (χ4v) is 4.63. The standard InChI is InChI=1S/C24H38N2O2/c1-19(2)23-9-8-22(18-20(23)3)28-17-16-25-14-10-21(11-15-25)24(27)26-12-6-4-5-7-13-26/h8-9,18-19,21H,4-7,10-17H2,1-3H3. The number of likely N-dealkylation sites (tertiary alicyclic amines) is 2. The molecule has 1 amide bonds. The van der Waals surface area contributed by atoms with Crippen LogP contribution in [0.4, 0.5) is 0 Å². The van der Waals surface area contributed by atoms with Crippen molar-refractivity contribution in [1.29, 1.82) is 0 Å². The van der Waals surface area contributed by atoms with Gasteiger partial charge >= 0.3 is 0 Å². The molecule has 0 radical (unpaired) electrons. The van der Waals surface area contributed by atoms with Crippen molar-refractivity contribution < 1.29 is 9.53 Å². The highest BCUT2D eigenvalue weighted by Gasteiger charge is 2.28.